The molecule has 150 valence electrons. The molecule has 1 unspecified atom stereocenters. The van der Waals surface area contributed by atoms with E-state index in [-0.39, 0.29) is 24.0 Å². The first-order valence-corrected chi connectivity index (χ1v) is 10.1. The lowest BCUT2D eigenvalue weighted by Crippen LogP contribution is -2.44. The van der Waals surface area contributed by atoms with E-state index in [4.69, 9.17) is 4.99 Å². The minimum Gasteiger partial charge on any atom is -0.357 e. The Kier molecular flexibility index (Phi) is 16.1. The average Bonchev–Trinajstić information content (AvgIpc) is 2.56. The van der Waals surface area contributed by atoms with Crippen LogP contribution in [-0.4, -0.2) is 74.7 Å². The Balaban J connectivity index is 0.00000576. The van der Waals surface area contributed by atoms with Gasteiger partial charge in [-0.1, -0.05) is 26.2 Å². The van der Waals surface area contributed by atoms with Gasteiger partial charge < -0.3 is 20.4 Å². The second-order valence-electron chi connectivity index (χ2n) is 7.15. The normalized spacial score (nSPS) is 17.8. The van der Waals surface area contributed by atoms with Gasteiger partial charge in [-0.2, -0.15) is 0 Å². The summed E-state index contributed by atoms with van der Waals surface area (Å²) < 4.78 is 0. The van der Waals surface area contributed by atoms with Crippen LogP contribution in [0.25, 0.3) is 0 Å². The van der Waals surface area contributed by atoms with E-state index in [1.807, 2.05) is 0 Å². The SMILES string of the molecule is CCCCCC(C)NC(=NCCCCN1CCN(C)CC1)NCC.I. The molecule has 0 aromatic rings. The van der Waals surface area contributed by atoms with Crippen LogP contribution in [0.2, 0.25) is 0 Å². The number of hydrogen-bond acceptors (Lipinski definition) is 3. The maximum absolute atomic E-state index is 4.74. The van der Waals surface area contributed by atoms with E-state index < -0.39 is 0 Å². The van der Waals surface area contributed by atoms with Crippen LogP contribution in [0.4, 0.5) is 0 Å². The Morgan fingerprint density at radius 2 is 1.76 bits per heavy atom. The van der Waals surface area contributed by atoms with Crippen LogP contribution < -0.4 is 10.6 Å². The van der Waals surface area contributed by atoms with Crippen LogP contribution in [0.15, 0.2) is 4.99 Å². The first-order valence-electron chi connectivity index (χ1n) is 10.1. The summed E-state index contributed by atoms with van der Waals surface area (Å²) in [5.74, 6) is 0.987. The molecule has 0 radical (unpaired) electrons. The molecule has 0 aromatic carbocycles. The molecule has 1 heterocycles. The number of guanidine groups is 1. The zero-order valence-electron chi connectivity index (χ0n) is 17.0. The van der Waals surface area contributed by atoms with Crippen LogP contribution in [0.5, 0.6) is 0 Å². The maximum atomic E-state index is 4.74. The van der Waals surface area contributed by atoms with Crippen molar-refractivity contribution in [3.05, 3.63) is 0 Å². The molecular formula is C19H42IN5. The fourth-order valence-electron chi connectivity index (χ4n) is 3.04. The summed E-state index contributed by atoms with van der Waals surface area (Å²) in [5.41, 5.74) is 0. The van der Waals surface area contributed by atoms with E-state index in [1.54, 1.807) is 0 Å². The highest BCUT2D eigenvalue weighted by molar-refractivity contribution is 14.0. The molecule has 0 saturated carbocycles. The maximum Gasteiger partial charge on any atom is 0.191 e. The van der Waals surface area contributed by atoms with Crippen molar-refractivity contribution in [3.8, 4) is 0 Å². The highest BCUT2D eigenvalue weighted by Crippen LogP contribution is 2.03. The second-order valence-corrected chi connectivity index (χ2v) is 7.15. The molecule has 0 spiro atoms. The summed E-state index contributed by atoms with van der Waals surface area (Å²) >= 11 is 0. The molecule has 0 bridgehead atoms. The van der Waals surface area contributed by atoms with Crippen molar-refractivity contribution in [2.45, 2.75) is 65.3 Å². The van der Waals surface area contributed by atoms with Gasteiger partial charge in [0.05, 0.1) is 0 Å². The number of rotatable bonds is 11. The van der Waals surface area contributed by atoms with Gasteiger partial charge in [0.25, 0.3) is 0 Å². The average molecular weight is 467 g/mol. The summed E-state index contributed by atoms with van der Waals surface area (Å²) in [6, 6.07) is 0.500. The van der Waals surface area contributed by atoms with Crippen molar-refractivity contribution in [1.82, 2.24) is 20.4 Å². The Morgan fingerprint density at radius 1 is 1.04 bits per heavy atom. The molecule has 1 atom stereocenters. The van der Waals surface area contributed by atoms with Crippen molar-refractivity contribution < 1.29 is 0 Å². The van der Waals surface area contributed by atoms with Gasteiger partial charge in [-0.25, -0.2) is 0 Å². The van der Waals surface area contributed by atoms with E-state index in [9.17, 15) is 0 Å². The molecule has 0 aliphatic carbocycles. The summed E-state index contributed by atoms with van der Waals surface area (Å²) in [6.07, 6.45) is 7.56. The standard InChI is InChI=1S/C19H41N5.HI/c1-5-7-8-11-18(3)22-19(20-6-2)21-12-9-10-13-24-16-14-23(4)15-17-24;/h18H,5-17H2,1-4H3,(H2,20,21,22);1H. The summed E-state index contributed by atoms with van der Waals surface area (Å²) in [4.78, 5) is 9.74. The largest absolute Gasteiger partial charge is 0.357 e. The van der Waals surface area contributed by atoms with E-state index in [2.05, 4.69) is 48.3 Å². The van der Waals surface area contributed by atoms with Crippen molar-refractivity contribution >= 4 is 29.9 Å². The van der Waals surface area contributed by atoms with Gasteiger partial charge in [-0.3, -0.25) is 4.99 Å². The first kappa shape index (κ1) is 24.9. The number of likely N-dealkylation sites (N-methyl/N-ethyl adjacent to an activating group) is 1. The summed E-state index contributed by atoms with van der Waals surface area (Å²) in [6.45, 7) is 14.6. The van der Waals surface area contributed by atoms with Gasteiger partial charge in [0.1, 0.15) is 0 Å². The number of hydrogen-bond donors (Lipinski definition) is 2. The molecular weight excluding hydrogens is 425 g/mol. The quantitative estimate of drug-likeness (QED) is 0.212. The van der Waals surface area contributed by atoms with Crippen molar-refractivity contribution in [2.75, 3.05) is 52.9 Å². The lowest BCUT2D eigenvalue weighted by molar-refractivity contribution is 0.152. The summed E-state index contributed by atoms with van der Waals surface area (Å²) in [5, 5.41) is 6.92. The van der Waals surface area contributed by atoms with Crippen molar-refractivity contribution in [2.24, 2.45) is 4.99 Å². The Hall–Kier alpha value is -0.0800. The zero-order valence-corrected chi connectivity index (χ0v) is 19.3. The van der Waals surface area contributed by atoms with Gasteiger partial charge in [0.2, 0.25) is 0 Å². The van der Waals surface area contributed by atoms with Gasteiger partial charge in [0, 0.05) is 45.3 Å². The van der Waals surface area contributed by atoms with Crippen LogP contribution in [-0.2, 0) is 0 Å². The van der Waals surface area contributed by atoms with E-state index in [0.29, 0.717) is 6.04 Å². The zero-order chi connectivity index (χ0) is 17.6. The number of nitrogens with zero attached hydrogens (tertiary/aromatic N) is 3. The van der Waals surface area contributed by atoms with Gasteiger partial charge in [-0.15, -0.1) is 24.0 Å². The van der Waals surface area contributed by atoms with E-state index in [1.165, 1.54) is 71.2 Å². The number of halogens is 1. The van der Waals surface area contributed by atoms with Gasteiger partial charge >= 0.3 is 0 Å². The third-order valence-electron chi connectivity index (χ3n) is 4.72. The van der Waals surface area contributed by atoms with Crippen molar-refractivity contribution in [3.63, 3.8) is 0 Å². The predicted molar refractivity (Wildman–Crippen MR) is 121 cm³/mol. The predicted octanol–water partition coefficient (Wildman–Crippen LogP) is 3.16. The minimum absolute atomic E-state index is 0. The molecule has 1 aliphatic rings. The number of unbranched alkanes of at least 4 members (excludes halogenated alkanes) is 3. The lowest BCUT2D eigenvalue weighted by Gasteiger charge is -2.32. The van der Waals surface area contributed by atoms with E-state index in [0.717, 1.165) is 19.0 Å². The van der Waals surface area contributed by atoms with Crippen LogP contribution in [0.3, 0.4) is 0 Å². The highest BCUT2D eigenvalue weighted by atomic mass is 127. The first-order chi connectivity index (χ1) is 11.7. The Labute approximate surface area is 173 Å². The third-order valence-corrected chi connectivity index (χ3v) is 4.72. The Morgan fingerprint density at radius 3 is 2.40 bits per heavy atom. The summed E-state index contributed by atoms with van der Waals surface area (Å²) in [7, 11) is 2.21. The van der Waals surface area contributed by atoms with Crippen molar-refractivity contribution in [1.29, 1.82) is 0 Å². The van der Waals surface area contributed by atoms with Gasteiger partial charge in [-0.05, 0) is 46.7 Å². The molecule has 2 N–H and O–H groups in total. The van der Waals surface area contributed by atoms with Crippen LogP contribution in [0, 0.1) is 0 Å². The molecule has 5 nitrogen and oxygen atoms in total. The molecule has 1 saturated heterocycles. The topological polar surface area (TPSA) is 42.9 Å². The van der Waals surface area contributed by atoms with E-state index >= 15 is 0 Å². The minimum atomic E-state index is 0. The number of piperazine rings is 1. The number of nitrogens with one attached hydrogen (secondary N) is 2. The lowest BCUT2D eigenvalue weighted by atomic mass is 10.1. The highest BCUT2D eigenvalue weighted by Gasteiger charge is 2.12. The fraction of sp³-hybridized carbons (Fsp3) is 0.947. The monoisotopic (exact) mass is 467 g/mol. The molecule has 0 aromatic heterocycles. The second kappa shape index (κ2) is 16.1. The Bertz CT molecular complexity index is 330. The smallest absolute Gasteiger partial charge is 0.191 e. The van der Waals surface area contributed by atoms with Crippen LogP contribution >= 0.6 is 24.0 Å². The molecule has 0 amide bonds. The van der Waals surface area contributed by atoms with Crippen LogP contribution in [0.1, 0.15) is 59.3 Å². The molecule has 6 heteroatoms. The number of aliphatic imine (C=N–C) groups is 1. The molecule has 1 rings (SSSR count). The fourth-order valence-corrected chi connectivity index (χ4v) is 3.04. The molecule has 1 aliphatic heterocycles. The molecule has 1 fully saturated rings. The van der Waals surface area contributed by atoms with Gasteiger partial charge in [0.15, 0.2) is 5.96 Å². The third kappa shape index (κ3) is 12.8. The molecule has 25 heavy (non-hydrogen) atoms.